The fraction of sp³-hybridized carbons (Fsp3) is 0.850. The monoisotopic (exact) mass is 292 g/mol. The van der Waals surface area contributed by atoms with Gasteiger partial charge in [-0.1, -0.05) is 60.1 Å². The Hall–Kier alpha value is -0.590. The van der Waals surface area contributed by atoms with Crippen LogP contribution in [-0.2, 0) is 4.79 Å². The number of Topliss-reactive ketones (excluding diaryl/α,β-unsaturated/α-hetero) is 1. The minimum Gasteiger partial charge on any atom is -0.300 e. The van der Waals surface area contributed by atoms with Crippen LogP contribution < -0.4 is 0 Å². The van der Waals surface area contributed by atoms with Gasteiger partial charge < -0.3 is 4.79 Å². The lowest BCUT2D eigenvalue weighted by molar-refractivity contribution is -0.117. The van der Waals surface area contributed by atoms with Crippen LogP contribution in [0, 0.1) is 35.0 Å². The number of hydrogen-bond donors (Lipinski definition) is 0. The van der Waals surface area contributed by atoms with Crippen LogP contribution in [-0.4, -0.2) is 5.78 Å². The molecule has 0 saturated heterocycles. The van der Waals surface area contributed by atoms with Gasteiger partial charge in [0.05, 0.1) is 0 Å². The van der Waals surface area contributed by atoms with Gasteiger partial charge in [0.15, 0.2) is 0 Å². The Morgan fingerprint density at radius 2 is 1.76 bits per heavy atom. The van der Waals surface area contributed by atoms with Crippen LogP contribution in [0.5, 0.6) is 0 Å². The summed E-state index contributed by atoms with van der Waals surface area (Å²) < 4.78 is 0. The molecule has 1 fully saturated rings. The standard InChI is InChI=1S/C20H36O/c1-9-18-19(20(18,7)8)15(5)11-14(4)17(10-13(2)3)12-16(6)21/h13,15,17-19H,4,9-12H2,1-3,5-8H3/t15-,17+,18?,19?/m1/s1. The summed E-state index contributed by atoms with van der Waals surface area (Å²) in [6, 6.07) is 0. The van der Waals surface area contributed by atoms with Crippen molar-refractivity contribution in [3.63, 3.8) is 0 Å². The first kappa shape index (κ1) is 18.5. The highest BCUT2D eigenvalue weighted by Gasteiger charge is 2.57. The lowest BCUT2D eigenvalue weighted by Gasteiger charge is -2.23. The Balaban J connectivity index is 2.62. The molecule has 0 bridgehead atoms. The van der Waals surface area contributed by atoms with Crippen molar-refractivity contribution in [3.05, 3.63) is 12.2 Å². The summed E-state index contributed by atoms with van der Waals surface area (Å²) in [7, 11) is 0. The average Bonchev–Trinajstić information content (AvgIpc) is 2.88. The van der Waals surface area contributed by atoms with E-state index in [1.165, 1.54) is 12.0 Å². The first-order chi connectivity index (χ1) is 9.61. The minimum absolute atomic E-state index is 0.299. The Kier molecular flexibility index (Phi) is 6.25. The van der Waals surface area contributed by atoms with Gasteiger partial charge in [-0.15, -0.1) is 0 Å². The molecule has 0 radical (unpaired) electrons. The molecule has 0 heterocycles. The third kappa shape index (κ3) is 4.69. The second-order valence-corrected chi connectivity index (χ2v) is 8.43. The fourth-order valence-electron chi connectivity index (χ4n) is 4.71. The molecule has 1 heteroatoms. The topological polar surface area (TPSA) is 17.1 Å². The van der Waals surface area contributed by atoms with Gasteiger partial charge in [-0.2, -0.15) is 0 Å². The fourth-order valence-corrected chi connectivity index (χ4v) is 4.71. The maximum atomic E-state index is 11.5. The normalized spacial score (nSPS) is 26.5. The molecule has 122 valence electrons. The quantitative estimate of drug-likeness (QED) is 0.484. The number of ketones is 1. The molecular weight excluding hydrogens is 256 g/mol. The van der Waals surface area contributed by atoms with Crippen LogP contribution in [0.3, 0.4) is 0 Å². The summed E-state index contributed by atoms with van der Waals surface area (Å²) in [5.74, 6) is 3.70. The Morgan fingerprint density at radius 3 is 2.14 bits per heavy atom. The largest absolute Gasteiger partial charge is 0.300 e. The molecule has 0 spiro atoms. The molecule has 1 rings (SSSR count). The second-order valence-electron chi connectivity index (χ2n) is 8.43. The molecule has 0 aromatic heterocycles. The van der Waals surface area contributed by atoms with E-state index in [0.29, 0.717) is 35.4 Å². The van der Waals surface area contributed by atoms with E-state index in [9.17, 15) is 4.79 Å². The first-order valence-electron chi connectivity index (χ1n) is 8.78. The zero-order valence-electron chi connectivity index (χ0n) is 15.3. The van der Waals surface area contributed by atoms with E-state index < -0.39 is 0 Å². The molecule has 1 nitrogen and oxygen atoms in total. The Morgan fingerprint density at radius 1 is 1.19 bits per heavy atom. The van der Waals surface area contributed by atoms with E-state index in [0.717, 1.165) is 24.7 Å². The lowest BCUT2D eigenvalue weighted by Crippen LogP contribution is -2.14. The van der Waals surface area contributed by atoms with E-state index >= 15 is 0 Å². The number of rotatable bonds is 9. The van der Waals surface area contributed by atoms with Gasteiger partial charge in [0, 0.05) is 6.42 Å². The highest BCUT2D eigenvalue weighted by atomic mass is 16.1. The molecule has 2 unspecified atom stereocenters. The van der Waals surface area contributed by atoms with E-state index in [1.807, 2.05) is 0 Å². The van der Waals surface area contributed by atoms with Crippen molar-refractivity contribution in [1.82, 2.24) is 0 Å². The third-order valence-electron chi connectivity index (χ3n) is 5.64. The van der Waals surface area contributed by atoms with E-state index in [2.05, 4.69) is 48.1 Å². The highest BCUT2D eigenvalue weighted by Crippen LogP contribution is 2.64. The molecule has 1 aliphatic rings. The van der Waals surface area contributed by atoms with Gasteiger partial charge in [-0.05, 0) is 54.8 Å². The Labute approximate surface area is 132 Å². The summed E-state index contributed by atoms with van der Waals surface area (Å²) in [5.41, 5.74) is 1.81. The van der Waals surface area contributed by atoms with Crippen LogP contribution in [0.2, 0.25) is 0 Å². The summed E-state index contributed by atoms with van der Waals surface area (Å²) in [5, 5.41) is 0. The summed E-state index contributed by atoms with van der Waals surface area (Å²) in [6.07, 6.45) is 4.15. The molecule has 0 N–H and O–H groups in total. The van der Waals surface area contributed by atoms with Crippen molar-refractivity contribution in [2.45, 2.75) is 74.1 Å². The van der Waals surface area contributed by atoms with Crippen molar-refractivity contribution in [2.75, 3.05) is 0 Å². The van der Waals surface area contributed by atoms with E-state index in [1.54, 1.807) is 6.92 Å². The maximum absolute atomic E-state index is 11.5. The van der Waals surface area contributed by atoms with E-state index in [-0.39, 0.29) is 0 Å². The Bertz CT molecular complexity index is 377. The highest BCUT2D eigenvalue weighted by molar-refractivity contribution is 5.76. The van der Waals surface area contributed by atoms with Crippen molar-refractivity contribution in [1.29, 1.82) is 0 Å². The molecule has 1 saturated carbocycles. The molecule has 0 aliphatic heterocycles. The van der Waals surface area contributed by atoms with Crippen molar-refractivity contribution >= 4 is 5.78 Å². The van der Waals surface area contributed by atoms with Crippen LogP contribution in [0.1, 0.15) is 74.1 Å². The summed E-state index contributed by atoms with van der Waals surface area (Å²) in [6.45, 7) is 20.1. The molecule has 4 atom stereocenters. The number of carbonyl (C=O) groups is 1. The zero-order chi connectivity index (χ0) is 16.4. The average molecular weight is 293 g/mol. The van der Waals surface area contributed by atoms with Gasteiger partial charge in [0.25, 0.3) is 0 Å². The molecule has 0 aromatic rings. The van der Waals surface area contributed by atoms with Crippen LogP contribution in [0.25, 0.3) is 0 Å². The third-order valence-corrected chi connectivity index (χ3v) is 5.64. The van der Waals surface area contributed by atoms with Crippen LogP contribution >= 0.6 is 0 Å². The number of hydrogen-bond acceptors (Lipinski definition) is 1. The van der Waals surface area contributed by atoms with Gasteiger partial charge in [-0.25, -0.2) is 0 Å². The van der Waals surface area contributed by atoms with Crippen molar-refractivity contribution in [2.24, 2.45) is 35.0 Å². The lowest BCUT2D eigenvalue weighted by atomic mass is 9.81. The van der Waals surface area contributed by atoms with Crippen LogP contribution in [0.4, 0.5) is 0 Å². The van der Waals surface area contributed by atoms with Crippen LogP contribution in [0.15, 0.2) is 12.2 Å². The molecule has 0 aromatic carbocycles. The minimum atomic E-state index is 0.299. The van der Waals surface area contributed by atoms with Gasteiger partial charge >= 0.3 is 0 Å². The predicted molar refractivity (Wildman–Crippen MR) is 92.2 cm³/mol. The first-order valence-corrected chi connectivity index (χ1v) is 8.78. The summed E-state index contributed by atoms with van der Waals surface area (Å²) in [4.78, 5) is 11.5. The summed E-state index contributed by atoms with van der Waals surface area (Å²) >= 11 is 0. The molecular formula is C20H36O. The second kappa shape index (κ2) is 7.11. The van der Waals surface area contributed by atoms with E-state index in [4.69, 9.17) is 0 Å². The van der Waals surface area contributed by atoms with Gasteiger partial charge in [0.1, 0.15) is 5.78 Å². The van der Waals surface area contributed by atoms with Crippen molar-refractivity contribution < 1.29 is 4.79 Å². The van der Waals surface area contributed by atoms with Gasteiger partial charge in [0.2, 0.25) is 0 Å². The predicted octanol–water partition coefficient (Wildman–Crippen LogP) is 5.89. The zero-order valence-corrected chi connectivity index (χ0v) is 15.3. The maximum Gasteiger partial charge on any atom is 0.130 e. The molecule has 1 aliphatic carbocycles. The van der Waals surface area contributed by atoms with Crippen molar-refractivity contribution in [3.8, 4) is 0 Å². The molecule has 0 amide bonds. The molecule has 21 heavy (non-hydrogen) atoms. The van der Waals surface area contributed by atoms with Gasteiger partial charge in [-0.3, -0.25) is 0 Å². The number of allylic oxidation sites excluding steroid dienone is 1. The smallest absolute Gasteiger partial charge is 0.130 e. The number of carbonyl (C=O) groups excluding carboxylic acids is 1. The SMILES string of the molecule is C=C(C[C@@H](C)C1C(CC)C1(C)C)[C@H](CC(C)=O)CC(C)C.